The highest BCUT2D eigenvalue weighted by Gasteiger charge is 2.37. The van der Waals surface area contributed by atoms with E-state index in [1.165, 1.54) is 12.8 Å². The fourth-order valence-corrected chi connectivity index (χ4v) is 3.31. The van der Waals surface area contributed by atoms with E-state index in [0.29, 0.717) is 23.7 Å². The first-order chi connectivity index (χ1) is 8.76. The van der Waals surface area contributed by atoms with Crippen LogP contribution in [0.4, 0.5) is 0 Å². The molecule has 3 nitrogen and oxygen atoms in total. The fourth-order valence-electron chi connectivity index (χ4n) is 2.23. The van der Waals surface area contributed by atoms with Crippen LogP contribution in [0.1, 0.15) is 46.5 Å². The monoisotopic (exact) mass is 288 g/mol. The van der Waals surface area contributed by atoms with Gasteiger partial charge in [0, 0.05) is 6.61 Å². The molecule has 0 saturated heterocycles. The van der Waals surface area contributed by atoms with Gasteiger partial charge in [-0.25, -0.2) is 0 Å². The van der Waals surface area contributed by atoms with E-state index >= 15 is 0 Å². The van der Waals surface area contributed by atoms with Crippen molar-refractivity contribution in [2.24, 2.45) is 5.92 Å². The predicted octanol–water partition coefficient (Wildman–Crippen LogP) is 3.58. The topological polar surface area (TPSA) is 38.7 Å². The highest BCUT2D eigenvalue weighted by molar-refractivity contribution is 6.74. The second-order valence-corrected chi connectivity index (χ2v) is 12.1. The summed E-state index contributed by atoms with van der Waals surface area (Å²) in [4.78, 5) is 0. The molecule has 1 rings (SSSR count). The van der Waals surface area contributed by atoms with Crippen molar-refractivity contribution in [3.05, 3.63) is 0 Å². The van der Waals surface area contributed by atoms with Gasteiger partial charge in [-0.15, -0.1) is 0 Å². The smallest absolute Gasteiger partial charge is 0.191 e. The first kappa shape index (κ1) is 17.1. The summed E-state index contributed by atoms with van der Waals surface area (Å²) in [5, 5.41) is 9.06. The quantitative estimate of drug-likeness (QED) is 0.759. The Hall–Kier alpha value is 0.0969. The van der Waals surface area contributed by atoms with E-state index in [4.69, 9.17) is 14.3 Å². The standard InChI is InChI=1S/C15H32O3Si/c1-15(2,3)19(4,5)18-12-13-6-8-14(9-7-13)17-11-10-16/h13-14,16H,6-12H2,1-5H3. The molecular formula is C15H32O3Si. The molecule has 0 bridgehead atoms. The van der Waals surface area contributed by atoms with Crippen LogP contribution >= 0.6 is 0 Å². The number of aliphatic hydroxyl groups is 1. The highest BCUT2D eigenvalue weighted by atomic mass is 28.4. The van der Waals surface area contributed by atoms with Crippen molar-refractivity contribution in [2.75, 3.05) is 19.8 Å². The molecule has 0 amide bonds. The summed E-state index contributed by atoms with van der Waals surface area (Å²) in [5.74, 6) is 0.697. The summed E-state index contributed by atoms with van der Waals surface area (Å²) in [6.07, 6.45) is 4.99. The van der Waals surface area contributed by atoms with E-state index in [9.17, 15) is 0 Å². The van der Waals surface area contributed by atoms with Crippen molar-refractivity contribution in [2.45, 2.75) is 70.7 Å². The van der Waals surface area contributed by atoms with E-state index in [1.54, 1.807) is 0 Å². The van der Waals surface area contributed by atoms with Gasteiger partial charge in [-0.1, -0.05) is 20.8 Å². The number of ether oxygens (including phenoxy) is 1. The van der Waals surface area contributed by atoms with Crippen LogP contribution in [0.15, 0.2) is 0 Å². The zero-order chi connectivity index (χ0) is 14.5. The molecule has 19 heavy (non-hydrogen) atoms. The van der Waals surface area contributed by atoms with Crippen LogP contribution in [-0.4, -0.2) is 39.3 Å². The lowest BCUT2D eigenvalue weighted by Crippen LogP contribution is -2.42. The van der Waals surface area contributed by atoms with E-state index in [2.05, 4.69) is 33.9 Å². The molecule has 0 radical (unpaired) electrons. The van der Waals surface area contributed by atoms with Gasteiger partial charge in [0.1, 0.15) is 0 Å². The summed E-state index contributed by atoms with van der Waals surface area (Å²) in [6, 6.07) is 0. The van der Waals surface area contributed by atoms with Crippen LogP contribution in [-0.2, 0) is 9.16 Å². The minimum Gasteiger partial charge on any atom is -0.417 e. The second kappa shape index (κ2) is 7.20. The van der Waals surface area contributed by atoms with E-state index in [0.717, 1.165) is 19.4 Å². The van der Waals surface area contributed by atoms with Gasteiger partial charge < -0.3 is 14.3 Å². The molecule has 0 aromatic carbocycles. The molecule has 0 aromatic rings. The maximum atomic E-state index is 8.76. The summed E-state index contributed by atoms with van der Waals surface area (Å²) in [6.45, 7) is 13.1. The summed E-state index contributed by atoms with van der Waals surface area (Å²) in [5.41, 5.74) is 0. The van der Waals surface area contributed by atoms with Crippen molar-refractivity contribution in [3.8, 4) is 0 Å². The molecule has 1 fully saturated rings. The number of rotatable bonds is 6. The Morgan fingerprint density at radius 1 is 1.11 bits per heavy atom. The SMILES string of the molecule is CC(C)(C)[Si](C)(C)OCC1CCC(OCCO)CC1. The molecular weight excluding hydrogens is 256 g/mol. The molecule has 0 atom stereocenters. The van der Waals surface area contributed by atoms with E-state index < -0.39 is 8.32 Å². The van der Waals surface area contributed by atoms with Gasteiger partial charge in [0.2, 0.25) is 0 Å². The Kier molecular flexibility index (Phi) is 6.50. The lowest BCUT2D eigenvalue weighted by Gasteiger charge is -2.38. The third-order valence-electron chi connectivity index (χ3n) is 4.72. The molecule has 4 heteroatoms. The molecule has 0 aromatic heterocycles. The molecule has 1 aliphatic carbocycles. The lowest BCUT2D eigenvalue weighted by molar-refractivity contribution is -0.00394. The normalized spacial score (nSPS) is 25.6. The molecule has 0 unspecified atom stereocenters. The average Bonchev–Trinajstić information content (AvgIpc) is 2.34. The van der Waals surface area contributed by atoms with Crippen LogP contribution in [0, 0.1) is 5.92 Å². The minimum absolute atomic E-state index is 0.133. The average molecular weight is 289 g/mol. The van der Waals surface area contributed by atoms with Crippen LogP contribution in [0.3, 0.4) is 0 Å². The molecule has 0 aliphatic heterocycles. The Balaban J connectivity index is 2.26. The van der Waals surface area contributed by atoms with Gasteiger partial charge in [0.25, 0.3) is 0 Å². The van der Waals surface area contributed by atoms with Gasteiger partial charge >= 0.3 is 0 Å². The van der Waals surface area contributed by atoms with E-state index in [-0.39, 0.29) is 6.61 Å². The van der Waals surface area contributed by atoms with Crippen molar-refractivity contribution in [3.63, 3.8) is 0 Å². The minimum atomic E-state index is -1.59. The first-order valence-corrected chi connectivity index (χ1v) is 10.5. The molecule has 114 valence electrons. The Bertz CT molecular complexity index is 253. The lowest BCUT2D eigenvalue weighted by atomic mass is 9.88. The summed E-state index contributed by atoms with van der Waals surface area (Å²) < 4.78 is 11.9. The zero-order valence-corrected chi connectivity index (χ0v) is 14.4. The van der Waals surface area contributed by atoms with Gasteiger partial charge in [0.15, 0.2) is 8.32 Å². The van der Waals surface area contributed by atoms with Gasteiger partial charge in [-0.2, -0.15) is 0 Å². The molecule has 0 spiro atoms. The van der Waals surface area contributed by atoms with Gasteiger partial charge in [-0.05, 0) is 49.7 Å². The molecule has 1 saturated carbocycles. The Labute approximate surface area is 119 Å². The van der Waals surface area contributed by atoms with Crippen molar-refractivity contribution < 1.29 is 14.3 Å². The van der Waals surface area contributed by atoms with E-state index in [1.807, 2.05) is 0 Å². The van der Waals surface area contributed by atoms with Gasteiger partial charge in [0.05, 0.1) is 19.3 Å². The van der Waals surface area contributed by atoms with Crippen LogP contribution in [0.25, 0.3) is 0 Å². The number of hydrogen-bond donors (Lipinski definition) is 1. The maximum absolute atomic E-state index is 8.76. The Morgan fingerprint density at radius 2 is 1.68 bits per heavy atom. The zero-order valence-electron chi connectivity index (χ0n) is 13.4. The first-order valence-electron chi connectivity index (χ1n) is 7.62. The van der Waals surface area contributed by atoms with Crippen LogP contribution < -0.4 is 0 Å². The largest absolute Gasteiger partial charge is 0.417 e. The maximum Gasteiger partial charge on any atom is 0.191 e. The van der Waals surface area contributed by atoms with Crippen LogP contribution in [0.5, 0.6) is 0 Å². The molecule has 0 heterocycles. The highest BCUT2D eigenvalue weighted by Crippen LogP contribution is 2.37. The predicted molar refractivity (Wildman–Crippen MR) is 81.9 cm³/mol. The van der Waals surface area contributed by atoms with Crippen molar-refractivity contribution in [1.82, 2.24) is 0 Å². The summed E-state index contributed by atoms with van der Waals surface area (Å²) in [7, 11) is -1.59. The number of hydrogen-bond acceptors (Lipinski definition) is 3. The van der Waals surface area contributed by atoms with Gasteiger partial charge in [-0.3, -0.25) is 0 Å². The molecule has 1 N–H and O–H groups in total. The van der Waals surface area contributed by atoms with Crippen molar-refractivity contribution in [1.29, 1.82) is 0 Å². The third kappa shape index (κ3) is 5.54. The molecule has 1 aliphatic rings. The second-order valence-electron chi connectivity index (χ2n) is 7.31. The third-order valence-corrected chi connectivity index (χ3v) is 9.23. The Morgan fingerprint density at radius 3 is 2.16 bits per heavy atom. The summed E-state index contributed by atoms with van der Waals surface area (Å²) >= 11 is 0. The fraction of sp³-hybridized carbons (Fsp3) is 1.00. The van der Waals surface area contributed by atoms with Crippen LogP contribution in [0.2, 0.25) is 18.1 Å². The van der Waals surface area contributed by atoms with Crippen molar-refractivity contribution >= 4 is 8.32 Å². The number of aliphatic hydroxyl groups excluding tert-OH is 1.